The molecule has 0 aliphatic rings. The molecular weight excluding hydrogens is 176 g/mol. The van der Waals surface area contributed by atoms with Crippen molar-refractivity contribution in [1.29, 1.82) is 5.26 Å². The molecule has 0 rings (SSSR count). The second-order valence-electron chi connectivity index (χ2n) is 4.38. The first kappa shape index (κ1) is 13.4. The van der Waals surface area contributed by atoms with Crippen LogP contribution in [0.3, 0.4) is 0 Å². The maximum absolute atomic E-state index is 9.02. The van der Waals surface area contributed by atoms with E-state index in [0.717, 1.165) is 12.8 Å². The Morgan fingerprint density at radius 2 is 2.14 bits per heavy atom. The van der Waals surface area contributed by atoms with E-state index >= 15 is 0 Å². The summed E-state index contributed by atoms with van der Waals surface area (Å²) in [6.07, 6.45) is 2.63. The second-order valence-corrected chi connectivity index (χ2v) is 4.38. The van der Waals surface area contributed by atoms with Crippen LogP contribution >= 0.6 is 0 Å². The van der Waals surface area contributed by atoms with Crippen molar-refractivity contribution < 1.29 is 5.11 Å². The fourth-order valence-corrected chi connectivity index (χ4v) is 1.20. The molecule has 1 unspecified atom stereocenters. The molecule has 0 heterocycles. The maximum atomic E-state index is 9.02. The Morgan fingerprint density at radius 3 is 2.57 bits per heavy atom. The zero-order valence-electron chi connectivity index (χ0n) is 9.51. The van der Waals surface area contributed by atoms with Crippen LogP contribution in [0.25, 0.3) is 0 Å². The molecule has 2 N–H and O–H groups in total. The van der Waals surface area contributed by atoms with Crippen LogP contribution in [-0.2, 0) is 0 Å². The molecule has 3 heteroatoms. The number of nitrogens with one attached hydrogen (secondary N) is 1. The quantitative estimate of drug-likeness (QED) is 0.612. The van der Waals surface area contributed by atoms with Gasteiger partial charge < -0.3 is 5.11 Å². The monoisotopic (exact) mass is 198 g/mol. The van der Waals surface area contributed by atoms with Gasteiger partial charge in [-0.05, 0) is 38.6 Å². The van der Waals surface area contributed by atoms with E-state index in [1.54, 1.807) is 0 Å². The topological polar surface area (TPSA) is 56.0 Å². The predicted octanol–water partition coefficient (Wildman–Crippen LogP) is 1.68. The minimum Gasteiger partial charge on any atom is -0.396 e. The van der Waals surface area contributed by atoms with E-state index in [9.17, 15) is 0 Å². The molecule has 0 aromatic carbocycles. The van der Waals surface area contributed by atoms with Gasteiger partial charge >= 0.3 is 0 Å². The fourth-order valence-electron chi connectivity index (χ4n) is 1.20. The van der Waals surface area contributed by atoms with Crippen molar-refractivity contribution in [1.82, 2.24) is 5.32 Å². The Labute approximate surface area is 87.1 Å². The molecule has 0 radical (unpaired) electrons. The van der Waals surface area contributed by atoms with E-state index in [0.29, 0.717) is 18.9 Å². The summed E-state index contributed by atoms with van der Waals surface area (Å²) >= 11 is 0. The van der Waals surface area contributed by atoms with Crippen molar-refractivity contribution in [2.45, 2.75) is 45.6 Å². The van der Waals surface area contributed by atoms with E-state index in [4.69, 9.17) is 10.4 Å². The predicted molar refractivity (Wildman–Crippen MR) is 57.8 cm³/mol. The second kappa shape index (κ2) is 6.80. The van der Waals surface area contributed by atoms with E-state index < -0.39 is 5.54 Å². The first-order valence-corrected chi connectivity index (χ1v) is 5.31. The van der Waals surface area contributed by atoms with Crippen molar-refractivity contribution in [3.63, 3.8) is 0 Å². The lowest BCUT2D eigenvalue weighted by Gasteiger charge is -2.24. The van der Waals surface area contributed by atoms with Crippen molar-refractivity contribution in [3.05, 3.63) is 0 Å². The van der Waals surface area contributed by atoms with Crippen LogP contribution in [0.2, 0.25) is 0 Å². The number of hydrogen-bond donors (Lipinski definition) is 2. The Morgan fingerprint density at radius 1 is 1.50 bits per heavy atom. The van der Waals surface area contributed by atoms with E-state index in [2.05, 4.69) is 25.2 Å². The van der Waals surface area contributed by atoms with Gasteiger partial charge in [-0.3, -0.25) is 5.32 Å². The largest absolute Gasteiger partial charge is 0.396 e. The van der Waals surface area contributed by atoms with Gasteiger partial charge in [0.15, 0.2) is 0 Å². The maximum Gasteiger partial charge on any atom is 0.103 e. The summed E-state index contributed by atoms with van der Waals surface area (Å²) in [5.74, 6) is 0.627. The number of nitrogens with zero attached hydrogens (tertiary/aromatic N) is 1. The average molecular weight is 198 g/mol. The normalized spacial score (nSPS) is 15.1. The summed E-state index contributed by atoms with van der Waals surface area (Å²) in [5.41, 5.74) is -0.431. The third kappa shape index (κ3) is 5.95. The number of aliphatic hydroxyl groups is 1. The van der Waals surface area contributed by atoms with Crippen LogP contribution in [0.4, 0.5) is 0 Å². The van der Waals surface area contributed by atoms with E-state index in [1.807, 2.05) is 6.92 Å². The van der Waals surface area contributed by atoms with Gasteiger partial charge in [-0.2, -0.15) is 5.26 Å². The lowest BCUT2D eigenvalue weighted by Crippen LogP contribution is -2.41. The first-order chi connectivity index (χ1) is 6.54. The Hall–Kier alpha value is -0.590. The van der Waals surface area contributed by atoms with Gasteiger partial charge in [0.1, 0.15) is 5.54 Å². The number of nitriles is 1. The average Bonchev–Trinajstić information content (AvgIpc) is 2.15. The molecule has 0 bridgehead atoms. The van der Waals surface area contributed by atoms with Crippen LogP contribution in [-0.4, -0.2) is 23.8 Å². The summed E-state index contributed by atoms with van der Waals surface area (Å²) in [6, 6.07) is 2.30. The summed E-state index contributed by atoms with van der Waals surface area (Å²) in [6.45, 7) is 7.13. The molecule has 0 saturated carbocycles. The molecule has 0 aromatic rings. The summed E-state index contributed by atoms with van der Waals surface area (Å²) < 4.78 is 0. The SMILES string of the molecule is CC(C)CCC(C)(C#N)NCCCO. The van der Waals surface area contributed by atoms with Crippen molar-refractivity contribution >= 4 is 0 Å². The minimum atomic E-state index is -0.431. The first-order valence-electron chi connectivity index (χ1n) is 5.31. The van der Waals surface area contributed by atoms with Crippen LogP contribution in [0.1, 0.15) is 40.0 Å². The molecule has 0 aliphatic heterocycles. The van der Waals surface area contributed by atoms with Crippen molar-refractivity contribution in [2.75, 3.05) is 13.2 Å². The highest BCUT2D eigenvalue weighted by Gasteiger charge is 2.22. The Kier molecular flexibility index (Phi) is 6.52. The number of rotatable bonds is 7. The summed E-state index contributed by atoms with van der Waals surface area (Å²) in [4.78, 5) is 0. The zero-order valence-corrected chi connectivity index (χ0v) is 9.51. The van der Waals surface area contributed by atoms with Gasteiger partial charge in [0, 0.05) is 6.61 Å². The molecule has 0 aliphatic carbocycles. The highest BCUT2D eigenvalue weighted by atomic mass is 16.3. The molecular formula is C11H22N2O. The molecule has 0 fully saturated rings. The Bertz CT molecular complexity index is 186. The van der Waals surface area contributed by atoms with E-state index in [1.165, 1.54) is 0 Å². The summed E-state index contributed by atoms with van der Waals surface area (Å²) in [7, 11) is 0. The number of hydrogen-bond acceptors (Lipinski definition) is 3. The molecule has 0 saturated heterocycles. The molecule has 3 nitrogen and oxygen atoms in total. The van der Waals surface area contributed by atoms with Crippen molar-refractivity contribution in [2.24, 2.45) is 5.92 Å². The van der Waals surface area contributed by atoms with Crippen LogP contribution in [0.5, 0.6) is 0 Å². The molecule has 82 valence electrons. The molecule has 0 amide bonds. The van der Waals surface area contributed by atoms with Crippen LogP contribution in [0.15, 0.2) is 0 Å². The molecule has 0 spiro atoms. The van der Waals surface area contributed by atoms with Crippen LogP contribution < -0.4 is 5.32 Å². The molecule has 14 heavy (non-hydrogen) atoms. The van der Waals surface area contributed by atoms with Gasteiger partial charge in [0.2, 0.25) is 0 Å². The lowest BCUT2D eigenvalue weighted by molar-refractivity contribution is 0.276. The van der Waals surface area contributed by atoms with Gasteiger partial charge in [-0.25, -0.2) is 0 Å². The van der Waals surface area contributed by atoms with Gasteiger partial charge in [-0.1, -0.05) is 13.8 Å². The van der Waals surface area contributed by atoms with E-state index in [-0.39, 0.29) is 6.61 Å². The molecule has 0 aromatic heterocycles. The standard InChI is InChI=1S/C11H22N2O/c1-10(2)5-6-11(3,9-12)13-7-4-8-14/h10,13-14H,4-8H2,1-3H3. The zero-order chi connectivity index (χ0) is 11.0. The van der Waals surface area contributed by atoms with Crippen molar-refractivity contribution in [3.8, 4) is 6.07 Å². The van der Waals surface area contributed by atoms with Gasteiger partial charge in [0.05, 0.1) is 6.07 Å². The third-order valence-corrected chi connectivity index (χ3v) is 2.32. The summed E-state index contributed by atoms with van der Waals surface area (Å²) in [5, 5.41) is 20.8. The third-order valence-electron chi connectivity index (χ3n) is 2.32. The smallest absolute Gasteiger partial charge is 0.103 e. The fraction of sp³-hybridized carbons (Fsp3) is 0.909. The number of aliphatic hydroxyl groups excluding tert-OH is 1. The van der Waals surface area contributed by atoms with Gasteiger partial charge in [-0.15, -0.1) is 0 Å². The lowest BCUT2D eigenvalue weighted by atomic mass is 9.93. The Balaban J connectivity index is 3.87. The van der Waals surface area contributed by atoms with Crippen LogP contribution in [0, 0.1) is 17.2 Å². The van der Waals surface area contributed by atoms with Gasteiger partial charge in [0.25, 0.3) is 0 Å². The highest BCUT2D eigenvalue weighted by Crippen LogP contribution is 2.15. The molecule has 1 atom stereocenters. The minimum absolute atomic E-state index is 0.179. The highest BCUT2D eigenvalue weighted by molar-refractivity contribution is 5.03.